The summed E-state index contributed by atoms with van der Waals surface area (Å²) in [6.45, 7) is -0.0767. The van der Waals surface area contributed by atoms with Gasteiger partial charge in [-0.2, -0.15) is 0 Å². The number of benzene rings is 2. The summed E-state index contributed by atoms with van der Waals surface area (Å²) in [7, 11) is 0. The van der Waals surface area contributed by atoms with Crippen molar-refractivity contribution in [3.63, 3.8) is 0 Å². The minimum absolute atomic E-state index is 0.0219. The van der Waals surface area contributed by atoms with Gasteiger partial charge in [-0.05, 0) is 18.2 Å². The minimum atomic E-state index is -1.28. The standard InChI is InChI=1S/C20H16F2N2O3S/c21-15-8-4-7-13(17(15)22)20-11-27-16(9-25)14(20)10-28-19(24-20)23-18(26)12-5-2-1-3-6-12/h1-9,14,16H,10-11H2,(H,23,24,26)/t14-,16-,20-/m1/s1. The molecule has 5 nitrogen and oxygen atoms in total. The number of thioether (sulfide) groups is 1. The van der Waals surface area contributed by atoms with Crippen LogP contribution in [0.1, 0.15) is 15.9 Å². The van der Waals surface area contributed by atoms with Gasteiger partial charge in [-0.1, -0.05) is 42.1 Å². The maximum atomic E-state index is 14.6. The van der Waals surface area contributed by atoms with Crippen molar-refractivity contribution in [2.45, 2.75) is 11.6 Å². The van der Waals surface area contributed by atoms with Crippen molar-refractivity contribution in [1.82, 2.24) is 5.32 Å². The van der Waals surface area contributed by atoms with Gasteiger partial charge < -0.3 is 14.8 Å². The van der Waals surface area contributed by atoms with Crippen LogP contribution in [0.4, 0.5) is 8.78 Å². The Balaban J connectivity index is 1.74. The van der Waals surface area contributed by atoms with Crippen molar-refractivity contribution in [1.29, 1.82) is 0 Å². The van der Waals surface area contributed by atoms with Crippen LogP contribution in [-0.4, -0.2) is 35.8 Å². The Bertz CT molecular complexity index is 954. The molecule has 2 aliphatic rings. The van der Waals surface area contributed by atoms with E-state index in [0.717, 1.165) is 6.07 Å². The molecule has 0 saturated carbocycles. The maximum Gasteiger partial charge on any atom is 0.257 e. The number of ether oxygens (including phenoxy) is 1. The lowest BCUT2D eigenvalue weighted by Gasteiger charge is -2.35. The van der Waals surface area contributed by atoms with E-state index in [9.17, 15) is 18.4 Å². The lowest BCUT2D eigenvalue weighted by atomic mass is 9.79. The van der Waals surface area contributed by atoms with Crippen LogP contribution in [-0.2, 0) is 15.1 Å². The summed E-state index contributed by atoms with van der Waals surface area (Å²) in [5.41, 5.74) is -0.802. The normalized spacial score (nSPS) is 26.3. The van der Waals surface area contributed by atoms with Gasteiger partial charge in [0.25, 0.3) is 5.91 Å². The number of aliphatic imine (C=N–C) groups is 1. The van der Waals surface area contributed by atoms with Crippen LogP contribution in [0.2, 0.25) is 0 Å². The van der Waals surface area contributed by atoms with Crippen molar-refractivity contribution in [3.05, 3.63) is 71.3 Å². The Kier molecular flexibility index (Phi) is 4.99. The zero-order valence-corrected chi connectivity index (χ0v) is 15.4. The van der Waals surface area contributed by atoms with E-state index in [1.807, 2.05) is 0 Å². The molecule has 144 valence electrons. The van der Waals surface area contributed by atoms with E-state index < -0.39 is 29.2 Å². The zero-order valence-electron chi connectivity index (χ0n) is 14.6. The molecule has 2 aliphatic heterocycles. The Labute approximate surface area is 164 Å². The molecule has 3 atom stereocenters. The average molecular weight is 402 g/mol. The van der Waals surface area contributed by atoms with Gasteiger partial charge in [0.2, 0.25) is 0 Å². The van der Waals surface area contributed by atoms with Crippen molar-refractivity contribution >= 4 is 29.1 Å². The van der Waals surface area contributed by atoms with Crippen LogP contribution in [0.25, 0.3) is 0 Å². The molecular formula is C20H16F2N2O3S. The number of nitrogens with one attached hydrogen (secondary N) is 1. The van der Waals surface area contributed by atoms with E-state index in [1.54, 1.807) is 30.3 Å². The summed E-state index contributed by atoms with van der Waals surface area (Å²) < 4.78 is 34.1. The van der Waals surface area contributed by atoms with Crippen LogP contribution < -0.4 is 5.32 Å². The van der Waals surface area contributed by atoms with Gasteiger partial charge in [-0.3, -0.25) is 4.79 Å². The fourth-order valence-corrected chi connectivity index (χ4v) is 4.78. The molecule has 1 N–H and O–H groups in total. The highest BCUT2D eigenvalue weighted by Gasteiger charge is 2.54. The Morgan fingerprint density at radius 1 is 1.21 bits per heavy atom. The Morgan fingerprint density at radius 3 is 2.75 bits per heavy atom. The maximum absolute atomic E-state index is 14.6. The van der Waals surface area contributed by atoms with Gasteiger partial charge in [-0.25, -0.2) is 13.8 Å². The average Bonchev–Trinajstić information content (AvgIpc) is 3.09. The molecule has 1 saturated heterocycles. The van der Waals surface area contributed by atoms with Crippen LogP contribution >= 0.6 is 11.8 Å². The van der Waals surface area contributed by atoms with Crippen molar-refractivity contribution < 1.29 is 23.1 Å². The summed E-state index contributed by atoms with van der Waals surface area (Å²) in [6.07, 6.45) is -0.113. The van der Waals surface area contributed by atoms with E-state index in [4.69, 9.17) is 4.74 Å². The highest BCUT2D eigenvalue weighted by atomic mass is 32.2. The molecule has 0 bridgehead atoms. The Morgan fingerprint density at radius 2 is 2.00 bits per heavy atom. The molecule has 2 heterocycles. The summed E-state index contributed by atoms with van der Waals surface area (Å²) in [6, 6.07) is 12.5. The number of hydrogen-bond acceptors (Lipinski definition) is 5. The number of nitrogens with zero attached hydrogens (tertiary/aromatic N) is 1. The molecule has 0 aliphatic carbocycles. The second kappa shape index (κ2) is 7.44. The highest BCUT2D eigenvalue weighted by molar-refractivity contribution is 8.13. The van der Waals surface area contributed by atoms with Gasteiger partial charge in [0.05, 0.1) is 6.61 Å². The van der Waals surface area contributed by atoms with E-state index >= 15 is 0 Å². The summed E-state index contributed by atoms with van der Waals surface area (Å²) in [4.78, 5) is 28.4. The first kappa shape index (κ1) is 18.8. The smallest absolute Gasteiger partial charge is 0.257 e. The van der Waals surface area contributed by atoms with E-state index in [0.29, 0.717) is 17.6 Å². The molecule has 0 aromatic heterocycles. The number of aldehydes is 1. The molecule has 4 rings (SSSR count). The fourth-order valence-electron chi connectivity index (χ4n) is 3.58. The molecule has 1 amide bonds. The van der Waals surface area contributed by atoms with Gasteiger partial charge in [-0.15, -0.1) is 0 Å². The van der Waals surface area contributed by atoms with Gasteiger partial charge in [0.15, 0.2) is 16.8 Å². The third-order valence-corrected chi connectivity index (χ3v) is 6.01. The van der Waals surface area contributed by atoms with Crippen molar-refractivity contribution in [2.75, 3.05) is 12.4 Å². The number of halogens is 2. The molecule has 0 spiro atoms. The number of carbonyl (C=O) groups excluding carboxylic acids is 2. The predicted molar refractivity (Wildman–Crippen MR) is 101 cm³/mol. The molecule has 28 heavy (non-hydrogen) atoms. The second-order valence-corrected chi connectivity index (χ2v) is 7.60. The monoisotopic (exact) mass is 402 g/mol. The van der Waals surface area contributed by atoms with Crippen LogP contribution in [0, 0.1) is 17.6 Å². The predicted octanol–water partition coefficient (Wildman–Crippen LogP) is 2.91. The molecule has 1 fully saturated rings. The topological polar surface area (TPSA) is 67.8 Å². The van der Waals surface area contributed by atoms with Gasteiger partial charge in [0.1, 0.15) is 17.9 Å². The van der Waals surface area contributed by atoms with E-state index in [1.165, 1.54) is 23.9 Å². The molecule has 2 aromatic carbocycles. The second-order valence-electron chi connectivity index (χ2n) is 6.59. The number of amides is 1. The number of hydrogen-bond donors (Lipinski definition) is 1. The largest absolute Gasteiger partial charge is 0.367 e. The van der Waals surface area contributed by atoms with Crippen molar-refractivity contribution in [3.8, 4) is 0 Å². The van der Waals surface area contributed by atoms with Crippen LogP contribution in [0.5, 0.6) is 0 Å². The zero-order chi connectivity index (χ0) is 19.7. The third kappa shape index (κ3) is 3.12. The fraction of sp³-hybridized carbons (Fsp3) is 0.250. The lowest BCUT2D eigenvalue weighted by molar-refractivity contribution is -0.116. The SMILES string of the molecule is O=C[C@H]1OC[C@]2(c3cccc(F)c3F)N=C(NC(=O)c3ccccc3)SC[C@H]12. The Hall–Kier alpha value is -2.58. The minimum Gasteiger partial charge on any atom is -0.367 e. The molecule has 0 unspecified atom stereocenters. The first-order valence-electron chi connectivity index (χ1n) is 8.65. The number of rotatable bonds is 3. The number of amidine groups is 1. The number of carbonyl (C=O) groups is 2. The molecular weight excluding hydrogens is 386 g/mol. The van der Waals surface area contributed by atoms with Gasteiger partial charge in [0, 0.05) is 22.8 Å². The number of fused-ring (bicyclic) bond motifs is 1. The summed E-state index contributed by atoms with van der Waals surface area (Å²) >= 11 is 1.25. The molecule has 0 radical (unpaired) electrons. The van der Waals surface area contributed by atoms with Crippen molar-refractivity contribution in [2.24, 2.45) is 10.9 Å². The lowest BCUT2D eigenvalue weighted by Crippen LogP contribution is -2.44. The van der Waals surface area contributed by atoms with E-state index in [2.05, 4.69) is 10.3 Å². The summed E-state index contributed by atoms with van der Waals surface area (Å²) in [5, 5.41) is 3.00. The van der Waals surface area contributed by atoms with Gasteiger partial charge >= 0.3 is 0 Å². The first-order valence-corrected chi connectivity index (χ1v) is 9.64. The van der Waals surface area contributed by atoms with Crippen LogP contribution in [0.15, 0.2) is 53.5 Å². The summed E-state index contributed by atoms with van der Waals surface area (Å²) in [5.74, 6) is -2.47. The molecule has 2 aromatic rings. The molecule has 8 heteroatoms. The van der Waals surface area contributed by atoms with Crippen LogP contribution in [0.3, 0.4) is 0 Å². The highest BCUT2D eigenvalue weighted by Crippen LogP contribution is 2.48. The van der Waals surface area contributed by atoms with E-state index in [-0.39, 0.29) is 23.2 Å². The quantitative estimate of drug-likeness (QED) is 0.802. The first-order chi connectivity index (χ1) is 13.5. The third-order valence-electron chi connectivity index (χ3n) is 5.02.